The Morgan fingerprint density at radius 2 is 1.85 bits per heavy atom. The van der Waals surface area contributed by atoms with Crippen LogP contribution in [0.5, 0.6) is 0 Å². The van der Waals surface area contributed by atoms with E-state index in [0.717, 1.165) is 19.4 Å². The number of aliphatic carboxylic acids is 1. The van der Waals surface area contributed by atoms with Gasteiger partial charge in [0.05, 0.1) is 5.92 Å². The van der Waals surface area contributed by atoms with Gasteiger partial charge in [-0.25, -0.2) is 4.79 Å². The van der Waals surface area contributed by atoms with Gasteiger partial charge in [-0.05, 0) is 31.1 Å². The van der Waals surface area contributed by atoms with Crippen molar-refractivity contribution in [2.24, 2.45) is 17.8 Å². The first-order chi connectivity index (χ1) is 9.58. The summed E-state index contributed by atoms with van der Waals surface area (Å²) in [5, 5.41) is 9.18. The number of carboxylic acids is 1. The second kappa shape index (κ2) is 5.26. The third kappa shape index (κ3) is 2.27. The van der Waals surface area contributed by atoms with E-state index >= 15 is 0 Å². The Bertz CT molecular complexity index is 412. The number of urea groups is 1. The molecule has 3 fully saturated rings. The number of likely N-dealkylation sites (tertiary alicyclic amines) is 2. The summed E-state index contributed by atoms with van der Waals surface area (Å²) >= 11 is 0. The standard InChI is InChI=1S/C15H24N2O3/c1-10-8-16(9-12(10)14(18)19)15(20)17-7-6-11-4-2-3-5-13(11)17/h10-13H,2-9H2,1H3,(H,18,19)/t10-,11?,12-,13?/m1/s1. The quantitative estimate of drug-likeness (QED) is 0.799. The molecule has 112 valence electrons. The zero-order chi connectivity index (χ0) is 14.3. The molecule has 0 aromatic carbocycles. The van der Waals surface area contributed by atoms with Crippen LogP contribution >= 0.6 is 0 Å². The van der Waals surface area contributed by atoms with Gasteiger partial charge >= 0.3 is 12.0 Å². The van der Waals surface area contributed by atoms with Gasteiger partial charge < -0.3 is 14.9 Å². The average molecular weight is 280 g/mol. The fourth-order valence-electron chi connectivity index (χ4n) is 4.27. The summed E-state index contributed by atoms with van der Waals surface area (Å²) in [7, 11) is 0. The lowest BCUT2D eigenvalue weighted by molar-refractivity contribution is -0.142. The van der Waals surface area contributed by atoms with Gasteiger partial charge in [-0.3, -0.25) is 4.79 Å². The molecule has 0 radical (unpaired) electrons. The number of nitrogens with zero attached hydrogens (tertiary/aromatic N) is 2. The molecule has 2 aliphatic heterocycles. The minimum Gasteiger partial charge on any atom is -0.481 e. The Labute approximate surface area is 119 Å². The van der Waals surface area contributed by atoms with Crippen LogP contribution in [0.15, 0.2) is 0 Å². The molecule has 5 nitrogen and oxygen atoms in total. The van der Waals surface area contributed by atoms with Crippen molar-refractivity contribution in [2.75, 3.05) is 19.6 Å². The molecule has 4 atom stereocenters. The van der Waals surface area contributed by atoms with Crippen molar-refractivity contribution in [1.82, 2.24) is 9.80 Å². The fourth-order valence-corrected chi connectivity index (χ4v) is 4.27. The minimum atomic E-state index is -0.773. The van der Waals surface area contributed by atoms with Gasteiger partial charge in [0, 0.05) is 25.7 Å². The number of fused-ring (bicyclic) bond motifs is 1. The Morgan fingerprint density at radius 1 is 1.10 bits per heavy atom. The van der Waals surface area contributed by atoms with E-state index in [4.69, 9.17) is 0 Å². The number of amides is 2. The predicted octanol–water partition coefficient (Wildman–Crippen LogP) is 2.02. The molecule has 20 heavy (non-hydrogen) atoms. The molecule has 5 heteroatoms. The van der Waals surface area contributed by atoms with Crippen LogP contribution in [0, 0.1) is 17.8 Å². The molecule has 1 saturated carbocycles. The Hall–Kier alpha value is -1.26. The van der Waals surface area contributed by atoms with Gasteiger partial charge in [0.25, 0.3) is 0 Å². The lowest BCUT2D eigenvalue weighted by Gasteiger charge is -2.34. The summed E-state index contributed by atoms with van der Waals surface area (Å²) in [6, 6.07) is 0.491. The van der Waals surface area contributed by atoms with Crippen molar-refractivity contribution in [1.29, 1.82) is 0 Å². The number of hydrogen-bond donors (Lipinski definition) is 1. The molecule has 1 N–H and O–H groups in total. The van der Waals surface area contributed by atoms with E-state index in [1.54, 1.807) is 4.90 Å². The van der Waals surface area contributed by atoms with E-state index in [0.29, 0.717) is 25.0 Å². The maximum absolute atomic E-state index is 12.7. The van der Waals surface area contributed by atoms with Crippen LogP contribution in [0.3, 0.4) is 0 Å². The highest BCUT2D eigenvalue weighted by molar-refractivity contribution is 5.78. The van der Waals surface area contributed by atoms with Crippen molar-refractivity contribution in [2.45, 2.75) is 45.1 Å². The number of carboxylic acid groups (broad SMARTS) is 1. The van der Waals surface area contributed by atoms with Gasteiger partial charge in [0.2, 0.25) is 0 Å². The number of hydrogen-bond acceptors (Lipinski definition) is 2. The van der Waals surface area contributed by atoms with E-state index in [2.05, 4.69) is 0 Å². The van der Waals surface area contributed by atoms with E-state index in [1.165, 1.54) is 19.3 Å². The molecule has 2 saturated heterocycles. The van der Waals surface area contributed by atoms with Gasteiger partial charge in [0.1, 0.15) is 0 Å². The highest BCUT2D eigenvalue weighted by Gasteiger charge is 2.43. The lowest BCUT2D eigenvalue weighted by Crippen LogP contribution is -2.46. The van der Waals surface area contributed by atoms with Crippen LogP contribution in [0.4, 0.5) is 4.79 Å². The first kappa shape index (κ1) is 13.7. The fraction of sp³-hybridized carbons (Fsp3) is 0.867. The predicted molar refractivity (Wildman–Crippen MR) is 74.3 cm³/mol. The molecule has 0 spiro atoms. The maximum Gasteiger partial charge on any atom is 0.320 e. The summed E-state index contributed by atoms with van der Waals surface area (Å²) in [5.74, 6) is -0.433. The van der Waals surface area contributed by atoms with Crippen molar-refractivity contribution < 1.29 is 14.7 Å². The molecule has 2 heterocycles. The second-order valence-electron chi connectivity index (χ2n) is 6.70. The van der Waals surface area contributed by atoms with Crippen LogP contribution in [0.1, 0.15) is 39.0 Å². The summed E-state index contributed by atoms with van der Waals surface area (Å²) in [6.45, 7) is 3.75. The molecule has 0 aromatic heterocycles. The number of carbonyl (C=O) groups excluding carboxylic acids is 1. The van der Waals surface area contributed by atoms with Crippen molar-refractivity contribution in [3.8, 4) is 0 Å². The van der Waals surface area contributed by atoms with Crippen molar-refractivity contribution in [3.05, 3.63) is 0 Å². The Morgan fingerprint density at radius 3 is 2.55 bits per heavy atom. The lowest BCUT2D eigenvalue weighted by atomic mass is 9.85. The van der Waals surface area contributed by atoms with Gasteiger partial charge in [-0.1, -0.05) is 19.8 Å². The molecule has 3 rings (SSSR count). The molecular formula is C15H24N2O3. The number of carbonyl (C=O) groups is 2. The van der Waals surface area contributed by atoms with E-state index < -0.39 is 11.9 Å². The first-order valence-electron chi connectivity index (χ1n) is 7.86. The third-order valence-electron chi connectivity index (χ3n) is 5.46. The van der Waals surface area contributed by atoms with Gasteiger partial charge in [-0.15, -0.1) is 0 Å². The van der Waals surface area contributed by atoms with Crippen LogP contribution in [0.25, 0.3) is 0 Å². The molecule has 1 aliphatic carbocycles. The van der Waals surface area contributed by atoms with E-state index in [9.17, 15) is 14.7 Å². The largest absolute Gasteiger partial charge is 0.481 e. The van der Waals surface area contributed by atoms with Crippen LogP contribution < -0.4 is 0 Å². The second-order valence-corrected chi connectivity index (χ2v) is 6.70. The highest BCUT2D eigenvalue weighted by Crippen LogP contribution is 2.37. The maximum atomic E-state index is 12.7. The zero-order valence-corrected chi connectivity index (χ0v) is 12.1. The average Bonchev–Trinajstić information content (AvgIpc) is 3.01. The molecule has 3 aliphatic rings. The van der Waals surface area contributed by atoms with Crippen molar-refractivity contribution in [3.63, 3.8) is 0 Å². The summed E-state index contributed by atoms with van der Waals surface area (Å²) in [6.07, 6.45) is 6.02. The zero-order valence-electron chi connectivity index (χ0n) is 12.1. The number of rotatable bonds is 1. The van der Waals surface area contributed by atoms with Crippen molar-refractivity contribution >= 4 is 12.0 Å². The molecule has 2 amide bonds. The highest BCUT2D eigenvalue weighted by atomic mass is 16.4. The van der Waals surface area contributed by atoms with Crippen LogP contribution in [-0.2, 0) is 4.79 Å². The summed E-state index contributed by atoms with van der Waals surface area (Å²) in [5.41, 5.74) is 0. The first-order valence-corrected chi connectivity index (χ1v) is 7.86. The topological polar surface area (TPSA) is 60.9 Å². The molecule has 0 bridgehead atoms. The third-order valence-corrected chi connectivity index (χ3v) is 5.46. The Kier molecular flexibility index (Phi) is 3.61. The molecular weight excluding hydrogens is 256 g/mol. The smallest absolute Gasteiger partial charge is 0.320 e. The molecule has 2 unspecified atom stereocenters. The van der Waals surface area contributed by atoms with Gasteiger partial charge in [-0.2, -0.15) is 0 Å². The monoisotopic (exact) mass is 280 g/mol. The Balaban J connectivity index is 1.66. The van der Waals surface area contributed by atoms with Crippen LogP contribution in [-0.4, -0.2) is 52.6 Å². The summed E-state index contributed by atoms with van der Waals surface area (Å²) in [4.78, 5) is 27.6. The normalized spacial score (nSPS) is 37.0. The van der Waals surface area contributed by atoms with Crippen LogP contribution in [0.2, 0.25) is 0 Å². The van der Waals surface area contributed by atoms with Gasteiger partial charge in [0.15, 0.2) is 0 Å². The van der Waals surface area contributed by atoms with E-state index in [1.807, 2.05) is 11.8 Å². The van der Waals surface area contributed by atoms with E-state index in [-0.39, 0.29) is 11.9 Å². The SMILES string of the molecule is C[C@@H]1CN(C(=O)N2CCC3CCCCC32)C[C@H]1C(=O)O. The minimum absolute atomic E-state index is 0.0567. The summed E-state index contributed by atoms with van der Waals surface area (Å²) < 4.78 is 0. The molecule has 0 aromatic rings.